The largest absolute Gasteiger partial charge is 0.393 e. The number of benzene rings is 1. The highest BCUT2D eigenvalue weighted by molar-refractivity contribution is 6.42. The third-order valence-corrected chi connectivity index (χ3v) is 4.97. The minimum absolute atomic E-state index is 0.205. The van der Waals surface area contributed by atoms with Crippen LogP contribution in [0.15, 0.2) is 18.2 Å². The zero-order chi connectivity index (χ0) is 14.7. The zero-order valence-electron chi connectivity index (χ0n) is 12.1. The van der Waals surface area contributed by atoms with Gasteiger partial charge in [-0.2, -0.15) is 0 Å². The molecule has 1 aliphatic rings. The van der Waals surface area contributed by atoms with Gasteiger partial charge >= 0.3 is 0 Å². The van der Waals surface area contributed by atoms with Crippen LogP contribution < -0.4 is 0 Å². The van der Waals surface area contributed by atoms with Gasteiger partial charge in [0.1, 0.15) is 0 Å². The summed E-state index contributed by atoms with van der Waals surface area (Å²) in [6.07, 6.45) is 4.12. The van der Waals surface area contributed by atoms with E-state index in [1.54, 1.807) is 0 Å². The zero-order valence-corrected chi connectivity index (χ0v) is 13.7. The van der Waals surface area contributed by atoms with Gasteiger partial charge in [0.25, 0.3) is 0 Å². The average Bonchev–Trinajstić information content (AvgIpc) is 2.40. The van der Waals surface area contributed by atoms with Crippen LogP contribution in [-0.2, 0) is 0 Å². The van der Waals surface area contributed by atoms with Crippen molar-refractivity contribution in [2.24, 2.45) is 5.92 Å². The number of aliphatic hydroxyl groups is 1. The second-order valence-electron chi connectivity index (χ2n) is 6.06. The fourth-order valence-electron chi connectivity index (χ4n) is 3.23. The molecule has 0 saturated heterocycles. The monoisotopic (exact) mass is 315 g/mol. The quantitative estimate of drug-likeness (QED) is 0.900. The van der Waals surface area contributed by atoms with Crippen molar-refractivity contribution in [3.8, 4) is 0 Å². The molecule has 0 heterocycles. The first kappa shape index (κ1) is 16.1. The molecule has 1 aliphatic carbocycles. The van der Waals surface area contributed by atoms with Crippen LogP contribution in [0.1, 0.15) is 37.2 Å². The van der Waals surface area contributed by atoms with Crippen LogP contribution in [0.3, 0.4) is 0 Å². The molecular weight excluding hydrogens is 293 g/mol. The summed E-state index contributed by atoms with van der Waals surface area (Å²) in [5, 5.41) is 11.5. The molecule has 2 nitrogen and oxygen atoms in total. The summed E-state index contributed by atoms with van der Waals surface area (Å²) in [6, 6.07) is 5.86. The molecule has 112 valence electrons. The number of likely N-dealkylation sites (N-methyl/N-ethyl adjacent to an activating group) is 1. The molecule has 0 amide bonds. The smallest absolute Gasteiger partial charge is 0.0595 e. The van der Waals surface area contributed by atoms with Gasteiger partial charge in [-0.1, -0.05) is 42.1 Å². The van der Waals surface area contributed by atoms with E-state index in [4.69, 9.17) is 23.2 Å². The van der Waals surface area contributed by atoms with Crippen molar-refractivity contribution in [1.82, 2.24) is 4.90 Å². The summed E-state index contributed by atoms with van der Waals surface area (Å²) < 4.78 is 0. The third-order valence-electron chi connectivity index (χ3n) is 4.23. The van der Waals surface area contributed by atoms with E-state index in [0.29, 0.717) is 21.9 Å². The second-order valence-corrected chi connectivity index (χ2v) is 6.87. The summed E-state index contributed by atoms with van der Waals surface area (Å²) in [4.78, 5) is 2.18. The van der Waals surface area contributed by atoms with Gasteiger partial charge < -0.3 is 10.0 Å². The first-order chi connectivity index (χ1) is 9.49. The van der Waals surface area contributed by atoms with Gasteiger partial charge in [-0.25, -0.2) is 0 Å². The molecule has 2 rings (SSSR count). The first-order valence-electron chi connectivity index (χ1n) is 7.26. The van der Waals surface area contributed by atoms with Crippen molar-refractivity contribution >= 4 is 23.2 Å². The van der Waals surface area contributed by atoms with Crippen LogP contribution in [0.25, 0.3) is 0 Å². The van der Waals surface area contributed by atoms with Gasteiger partial charge in [-0.3, -0.25) is 0 Å². The molecule has 20 heavy (non-hydrogen) atoms. The molecule has 0 aromatic heterocycles. The van der Waals surface area contributed by atoms with Crippen molar-refractivity contribution in [2.45, 2.75) is 37.7 Å². The Morgan fingerprint density at radius 2 is 1.90 bits per heavy atom. The molecule has 4 heteroatoms. The fourth-order valence-corrected chi connectivity index (χ4v) is 3.54. The lowest BCUT2D eigenvalue weighted by molar-refractivity contribution is 0.0494. The number of rotatable bonds is 4. The lowest BCUT2D eigenvalue weighted by atomic mass is 9.75. The summed E-state index contributed by atoms with van der Waals surface area (Å²) >= 11 is 12.2. The molecule has 1 N–H and O–H groups in total. The van der Waals surface area contributed by atoms with Crippen LogP contribution in [0.4, 0.5) is 0 Å². The predicted molar refractivity (Wildman–Crippen MR) is 85.7 cm³/mol. The fraction of sp³-hybridized carbons (Fsp3) is 0.625. The van der Waals surface area contributed by atoms with E-state index in [1.165, 1.54) is 12.0 Å². The van der Waals surface area contributed by atoms with E-state index < -0.39 is 0 Å². The van der Waals surface area contributed by atoms with E-state index in [-0.39, 0.29) is 6.10 Å². The van der Waals surface area contributed by atoms with Crippen molar-refractivity contribution < 1.29 is 5.11 Å². The maximum atomic E-state index is 10.4. The number of hydrogen-bond acceptors (Lipinski definition) is 2. The van der Waals surface area contributed by atoms with Crippen LogP contribution in [-0.4, -0.2) is 36.8 Å². The molecule has 0 bridgehead atoms. The van der Waals surface area contributed by atoms with Crippen LogP contribution in [0.5, 0.6) is 0 Å². The molecule has 3 atom stereocenters. The van der Waals surface area contributed by atoms with Gasteiger partial charge in [0.15, 0.2) is 0 Å². The topological polar surface area (TPSA) is 23.5 Å². The molecule has 0 spiro atoms. The molecule has 1 aromatic rings. The lowest BCUT2D eigenvalue weighted by Crippen LogP contribution is -2.35. The highest BCUT2D eigenvalue weighted by atomic mass is 35.5. The average molecular weight is 316 g/mol. The highest BCUT2D eigenvalue weighted by Crippen LogP contribution is 2.38. The Hall–Kier alpha value is -0.280. The highest BCUT2D eigenvalue weighted by Gasteiger charge is 2.32. The van der Waals surface area contributed by atoms with Gasteiger partial charge in [-0.15, -0.1) is 0 Å². The molecule has 1 unspecified atom stereocenters. The van der Waals surface area contributed by atoms with E-state index in [9.17, 15) is 5.11 Å². The summed E-state index contributed by atoms with van der Waals surface area (Å²) in [5.74, 6) is 0.610. The maximum Gasteiger partial charge on any atom is 0.0595 e. The third kappa shape index (κ3) is 3.88. The SMILES string of the molecule is CN(C)CC(c1ccc(Cl)c(Cl)c1)[C@@H]1CCCC[C@@H]1O. The minimum Gasteiger partial charge on any atom is -0.393 e. The maximum absolute atomic E-state index is 10.4. The van der Waals surface area contributed by atoms with Crippen molar-refractivity contribution in [1.29, 1.82) is 0 Å². The van der Waals surface area contributed by atoms with E-state index in [0.717, 1.165) is 25.8 Å². The molecule has 0 aliphatic heterocycles. The summed E-state index contributed by atoms with van der Waals surface area (Å²) in [6.45, 7) is 0.916. The normalized spacial score (nSPS) is 24.9. The Kier molecular flexibility index (Phi) is 5.74. The summed E-state index contributed by atoms with van der Waals surface area (Å²) in [7, 11) is 4.14. The summed E-state index contributed by atoms with van der Waals surface area (Å²) in [5.41, 5.74) is 1.18. The number of nitrogens with zero attached hydrogens (tertiary/aromatic N) is 1. The molecule has 0 radical (unpaired) electrons. The molecule has 1 fully saturated rings. The Bertz CT molecular complexity index is 450. The lowest BCUT2D eigenvalue weighted by Gasteiger charge is -2.36. The predicted octanol–water partition coefficient (Wildman–Crippen LogP) is 4.19. The Labute approximate surface area is 131 Å². The van der Waals surface area contributed by atoms with Gasteiger partial charge in [0.05, 0.1) is 16.1 Å². The van der Waals surface area contributed by atoms with E-state index in [1.807, 2.05) is 18.2 Å². The Morgan fingerprint density at radius 3 is 2.50 bits per heavy atom. The van der Waals surface area contributed by atoms with Gasteiger partial charge in [0, 0.05) is 12.5 Å². The van der Waals surface area contributed by atoms with Gasteiger partial charge in [0.2, 0.25) is 0 Å². The van der Waals surface area contributed by atoms with Crippen molar-refractivity contribution in [3.63, 3.8) is 0 Å². The second kappa shape index (κ2) is 7.13. The standard InChI is InChI=1S/C16H23Cl2NO/c1-19(2)10-13(12-5-3-4-6-16(12)20)11-7-8-14(17)15(18)9-11/h7-9,12-13,16,20H,3-6,10H2,1-2H3/t12-,13?,16-/m0/s1. The number of aliphatic hydroxyl groups excluding tert-OH is 1. The van der Waals surface area contributed by atoms with E-state index in [2.05, 4.69) is 19.0 Å². The minimum atomic E-state index is -0.205. The van der Waals surface area contributed by atoms with Gasteiger partial charge in [-0.05, 0) is 50.6 Å². The number of hydrogen-bond donors (Lipinski definition) is 1. The Morgan fingerprint density at radius 1 is 1.20 bits per heavy atom. The van der Waals surface area contributed by atoms with Crippen molar-refractivity contribution in [2.75, 3.05) is 20.6 Å². The van der Waals surface area contributed by atoms with Crippen molar-refractivity contribution in [3.05, 3.63) is 33.8 Å². The molecular formula is C16H23Cl2NO. The van der Waals surface area contributed by atoms with Crippen LogP contribution in [0, 0.1) is 5.92 Å². The molecule has 1 saturated carbocycles. The van der Waals surface area contributed by atoms with Crippen LogP contribution in [0.2, 0.25) is 10.0 Å². The number of halogens is 2. The van der Waals surface area contributed by atoms with E-state index >= 15 is 0 Å². The van der Waals surface area contributed by atoms with Crippen LogP contribution >= 0.6 is 23.2 Å². The molecule has 1 aromatic carbocycles. The first-order valence-corrected chi connectivity index (χ1v) is 8.02. The Balaban J connectivity index is 2.28.